The number of phenolic OH excluding ortho intramolecular Hbond substituents is 1. The minimum atomic E-state index is -0.637. The highest BCUT2D eigenvalue weighted by atomic mass is 35.5. The second-order valence-electron chi connectivity index (χ2n) is 7.64. The maximum Gasteiger partial charge on any atom is 0.259 e. The van der Waals surface area contributed by atoms with Crippen molar-refractivity contribution in [3.63, 3.8) is 0 Å². The number of anilines is 2. The van der Waals surface area contributed by atoms with Crippen LogP contribution in [0.4, 0.5) is 11.5 Å². The van der Waals surface area contributed by atoms with Gasteiger partial charge in [0.25, 0.3) is 11.8 Å². The van der Waals surface area contributed by atoms with Gasteiger partial charge in [-0.25, -0.2) is 4.98 Å². The Kier molecular flexibility index (Phi) is 7.50. The van der Waals surface area contributed by atoms with Crippen molar-refractivity contribution in [2.24, 2.45) is 0 Å². The maximum atomic E-state index is 12.9. The van der Waals surface area contributed by atoms with E-state index in [0.717, 1.165) is 0 Å². The van der Waals surface area contributed by atoms with Crippen molar-refractivity contribution in [3.8, 4) is 5.75 Å². The highest BCUT2D eigenvalue weighted by Gasteiger charge is 2.21. The zero-order valence-electron chi connectivity index (χ0n) is 18.3. The van der Waals surface area contributed by atoms with Gasteiger partial charge in [0.2, 0.25) is 0 Å². The summed E-state index contributed by atoms with van der Waals surface area (Å²) in [7, 11) is 0. The zero-order valence-corrected chi connectivity index (χ0v) is 19.9. The van der Waals surface area contributed by atoms with Crippen LogP contribution in [-0.4, -0.2) is 58.9 Å². The fourth-order valence-corrected chi connectivity index (χ4v) is 3.80. The van der Waals surface area contributed by atoms with Gasteiger partial charge in [0.05, 0.1) is 29.5 Å². The standard InChI is InChI=1S/C24H21Cl2N5O4/c25-16-5-6-20(28-13-16)29-24(34)18-11-17(26)12-19(32)21(18)30-23(33)15-3-1-14(2-4-15)22(27)31-7-9-35-10-8-31/h1-6,11-13,27,32H,7-10H2,(H,30,33)(H,28,29,34). The third-order valence-corrected chi connectivity index (χ3v) is 5.72. The Hall–Kier alpha value is -3.66. The van der Waals surface area contributed by atoms with Crippen molar-refractivity contribution >= 4 is 52.4 Å². The molecule has 0 saturated carbocycles. The van der Waals surface area contributed by atoms with E-state index in [4.69, 9.17) is 33.3 Å². The van der Waals surface area contributed by atoms with Crippen LogP contribution in [0.2, 0.25) is 10.0 Å². The number of carbonyl (C=O) groups excluding carboxylic acids is 2. The summed E-state index contributed by atoms with van der Waals surface area (Å²) in [5.41, 5.74) is 0.791. The number of phenols is 1. The highest BCUT2D eigenvalue weighted by molar-refractivity contribution is 6.32. The number of benzene rings is 2. The van der Waals surface area contributed by atoms with E-state index in [0.29, 0.717) is 42.7 Å². The van der Waals surface area contributed by atoms with Crippen LogP contribution < -0.4 is 10.6 Å². The van der Waals surface area contributed by atoms with Gasteiger partial charge >= 0.3 is 0 Å². The smallest absolute Gasteiger partial charge is 0.259 e. The predicted molar refractivity (Wildman–Crippen MR) is 134 cm³/mol. The summed E-state index contributed by atoms with van der Waals surface area (Å²) in [6, 6.07) is 12.1. The number of morpholine rings is 1. The van der Waals surface area contributed by atoms with Gasteiger partial charge in [-0.3, -0.25) is 15.0 Å². The number of pyridine rings is 1. The topological polar surface area (TPSA) is 128 Å². The molecule has 2 amide bonds. The van der Waals surface area contributed by atoms with Crippen molar-refractivity contribution in [1.82, 2.24) is 9.88 Å². The third kappa shape index (κ3) is 5.89. The van der Waals surface area contributed by atoms with E-state index >= 15 is 0 Å². The van der Waals surface area contributed by atoms with E-state index in [1.165, 1.54) is 24.4 Å². The number of nitrogens with zero attached hydrogens (tertiary/aromatic N) is 2. The van der Waals surface area contributed by atoms with Crippen LogP contribution in [0, 0.1) is 5.41 Å². The molecule has 0 radical (unpaired) electrons. The second-order valence-corrected chi connectivity index (χ2v) is 8.52. The minimum absolute atomic E-state index is 0.0502. The molecular weight excluding hydrogens is 493 g/mol. The van der Waals surface area contributed by atoms with Crippen LogP contribution in [-0.2, 0) is 4.74 Å². The maximum absolute atomic E-state index is 12.9. The van der Waals surface area contributed by atoms with Gasteiger partial charge in [0.15, 0.2) is 0 Å². The SMILES string of the molecule is N=C(c1ccc(C(=O)Nc2c(O)cc(Cl)cc2C(=O)Nc2ccc(Cl)cn2)cc1)N1CCOCC1. The molecule has 1 aromatic heterocycles. The number of amidine groups is 1. The van der Waals surface area contributed by atoms with Gasteiger partial charge in [-0.2, -0.15) is 0 Å². The van der Waals surface area contributed by atoms with Crippen LogP contribution in [0.3, 0.4) is 0 Å². The number of halogens is 2. The van der Waals surface area contributed by atoms with E-state index in [9.17, 15) is 14.7 Å². The first-order valence-electron chi connectivity index (χ1n) is 10.6. The summed E-state index contributed by atoms with van der Waals surface area (Å²) in [4.78, 5) is 31.7. The van der Waals surface area contributed by atoms with Gasteiger partial charge in [0.1, 0.15) is 17.4 Å². The Balaban J connectivity index is 1.52. The number of hydrogen-bond donors (Lipinski definition) is 4. The molecule has 0 atom stereocenters. The molecule has 1 saturated heterocycles. The van der Waals surface area contributed by atoms with Gasteiger partial charge in [0, 0.05) is 41.5 Å². The molecule has 0 aliphatic carbocycles. The predicted octanol–water partition coefficient (Wildman–Crippen LogP) is 4.26. The summed E-state index contributed by atoms with van der Waals surface area (Å²) in [5, 5.41) is 24.5. The quantitative estimate of drug-likeness (QED) is 0.229. The highest BCUT2D eigenvalue weighted by Crippen LogP contribution is 2.32. The fourth-order valence-electron chi connectivity index (χ4n) is 3.47. The lowest BCUT2D eigenvalue weighted by Crippen LogP contribution is -2.40. The van der Waals surface area contributed by atoms with Crippen LogP contribution in [0.1, 0.15) is 26.3 Å². The summed E-state index contributed by atoms with van der Waals surface area (Å²) in [6.45, 7) is 2.40. The fraction of sp³-hybridized carbons (Fsp3) is 0.167. The summed E-state index contributed by atoms with van der Waals surface area (Å²) >= 11 is 11.9. The van der Waals surface area contributed by atoms with Gasteiger partial charge in [-0.15, -0.1) is 0 Å². The zero-order chi connectivity index (χ0) is 24.9. The molecule has 0 unspecified atom stereocenters. The molecule has 2 aromatic carbocycles. The Labute approximate surface area is 211 Å². The van der Waals surface area contributed by atoms with Crippen molar-refractivity contribution in [1.29, 1.82) is 5.41 Å². The molecule has 9 nitrogen and oxygen atoms in total. The lowest BCUT2D eigenvalue weighted by Gasteiger charge is -2.29. The number of ether oxygens (including phenoxy) is 1. The first-order valence-corrected chi connectivity index (χ1v) is 11.4. The van der Waals surface area contributed by atoms with E-state index in [-0.39, 0.29) is 33.4 Å². The number of hydrogen-bond acceptors (Lipinski definition) is 6. The normalized spacial score (nSPS) is 13.3. The number of nitrogens with one attached hydrogen (secondary N) is 3. The number of aromatic hydroxyl groups is 1. The Morgan fingerprint density at radius 3 is 2.29 bits per heavy atom. The van der Waals surface area contributed by atoms with E-state index in [1.54, 1.807) is 30.3 Å². The van der Waals surface area contributed by atoms with Crippen LogP contribution in [0.25, 0.3) is 0 Å². The Bertz CT molecular complexity index is 1260. The molecule has 35 heavy (non-hydrogen) atoms. The summed E-state index contributed by atoms with van der Waals surface area (Å²) in [5.74, 6) is -0.974. The van der Waals surface area contributed by atoms with E-state index in [2.05, 4.69) is 15.6 Å². The molecule has 0 spiro atoms. The Morgan fingerprint density at radius 1 is 0.943 bits per heavy atom. The molecular formula is C24H21Cl2N5O4. The molecule has 0 bridgehead atoms. The number of aromatic nitrogens is 1. The molecule has 2 heterocycles. The lowest BCUT2D eigenvalue weighted by molar-refractivity contribution is 0.0680. The summed E-state index contributed by atoms with van der Waals surface area (Å²) in [6.07, 6.45) is 1.37. The molecule has 1 aliphatic heterocycles. The van der Waals surface area contributed by atoms with Gasteiger partial charge in [-0.1, -0.05) is 35.3 Å². The second kappa shape index (κ2) is 10.7. The van der Waals surface area contributed by atoms with Crippen LogP contribution in [0.15, 0.2) is 54.7 Å². The van der Waals surface area contributed by atoms with Crippen molar-refractivity contribution in [2.45, 2.75) is 0 Å². The average Bonchev–Trinajstić information content (AvgIpc) is 2.87. The molecule has 180 valence electrons. The van der Waals surface area contributed by atoms with Gasteiger partial charge in [-0.05, 0) is 30.3 Å². The molecule has 1 aliphatic rings. The number of amides is 2. The number of rotatable bonds is 5. The third-order valence-electron chi connectivity index (χ3n) is 5.28. The average molecular weight is 514 g/mol. The monoisotopic (exact) mass is 513 g/mol. The first kappa shape index (κ1) is 24.5. The van der Waals surface area contributed by atoms with Gasteiger partial charge < -0.3 is 25.4 Å². The van der Waals surface area contributed by atoms with Crippen molar-refractivity contribution < 1.29 is 19.4 Å². The Morgan fingerprint density at radius 2 is 1.63 bits per heavy atom. The van der Waals surface area contributed by atoms with Crippen LogP contribution >= 0.6 is 23.2 Å². The molecule has 4 N–H and O–H groups in total. The minimum Gasteiger partial charge on any atom is -0.506 e. The molecule has 1 fully saturated rings. The molecule has 3 aromatic rings. The van der Waals surface area contributed by atoms with E-state index in [1.807, 2.05) is 4.90 Å². The molecule has 11 heteroatoms. The van der Waals surface area contributed by atoms with Crippen molar-refractivity contribution in [3.05, 3.63) is 81.5 Å². The van der Waals surface area contributed by atoms with Crippen LogP contribution in [0.5, 0.6) is 5.75 Å². The summed E-state index contributed by atoms with van der Waals surface area (Å²) < 4.78 is 5.32. The molecule has 4 rings (SSSR count). The van der Waals surface area contributed by atoms with E-state index < -0.39 is 11.8 Å². The number of carbonyl (C=O) groups is 2. The first-order chi connectivity index (χ1) is 16.8. The largest absolute Gasteiger partial charge is 0.506 e. The van der Waals surface area contributed by atoms with Crippen molar-refractivity contribution in [2.75, 3.05) is 36.9 Å². The lowest BCUT2D eigenvalue weighted by atomic mass is 10.1.